The van der Waals surface area contributed by atoms with Crippen molar-refractivity contribution in [1.82, 2.24) is 4.57 Å². The van der Waals surface area contributed by atoms with Gasteiger partial charge in [-0.2, -0.15) is 0 Å². The Balaban J connectivity index is 2.59. The average molecular weight is 269 g/mol. The molecule has 1 nitrogen and oxygen atoms in total. The van der Waals surface area contributed by atoms with Gasteiger partial charge in [0.25, 0.3) is 0 Å². The number of aryl methyl sites for hydroxylation is 1. The van der Waals surface area contributed by atoms with Crippen LogP contribution in [0.15, 0.2) is 42.5 Å². The number of fused-ring (bicyclic) bond motifs is 3. The molecule has 0 aliphatic rings. The predicted octanol–water partition coefficient (Wildman–Crippen LogP) is 2.61. The second-order valence-corrected chi connectivity index (χ2v) is 5.05. The normalized spacial score (nSPS) is 11.4. The van der Waals surface area contributed by atoms with Gasteiger partial charge in [0.15, 0.2) is 0 Å². The van der Waals surface area contributed by atoms with Gasteiger partial charge in [0, 0.05) is 0 Å². The molecular formula is C14H12AsN. The molecule has 2 heteroatoms. The molecule has 0 bridgehead atoms. The van der Waals surface area contributed by atoms with Gasteiger partial charge in [0.1, 0.15) is 0 Å². The number of aromatic nitrogens is 1. The first-order valence-corrected chi connectivity index (χ1v) is 6.45. The number of benzene rings is 2. The fourth-order valence-electron chi connectivity index (χ4n) is 2.38. The summed E-state index contributed by atoms with van der Waals surface area (Å²) in [5, 5.41) is 2.71. The van der Waals surface area contributed by atoms with Crippen LogP contribution in [0.1, 0.15) is 6.92 Å². The molecule has 0 atom stereocenters. The van der Waals surface area contributed by atoms with E-state index < -0.39 is 0 Å². The summed E-state index contributed by atoms with van der Waals surface area (Å²) in [4.78, 5) is 0. The first-order chi connectivity index (χ1) is 7.81. The van der Waals surface area contributed by atoms with Gasteiger partial charge in [-0.1, -0.05) is 0 Å². The van der Waals surface area contributed by atoms with Gasteiger partial charge in [0.2, 0.25) is 0 Å². The fraction of sp³-hybridized carbons (Fsp3) is 0.143. The second kappa shape index (κ2) is 3.68. The fourth-order valence-corrected chi connectivity index (χ4v) is 2.81. The SMILES string of the molecule is CCn1c2ccccc2c2cc([As])ccc21. The van der Waals surface area contributed by atoms with E-state index in [1.807, 2.05) is 0 Å². The summed E-state index contributed by atoms with van der Waals surface area (Å²) in [6.07, 6.45) is 0. The Hall–Kier alpha value is -1.20. The van der Waals surface area contributed by atoms with Gasteiger partial charge < -0.3 is 0 Å². The maximum absolute atomic E-state index is 2.61. The summed E-state index contributed by atoms with van der Waals surface area (Å²) in [6.45, 7) is 3.21. The third-order valence-electron chi connectivity index (χ3n) is 3.07. The van der Waals surface area contributed by atoms with Crippen molar-refractivity contribution in [1.29, 1.82) is 0 Å². The van der Waals surface area contributed by atoms with Crippen LogP contribution in [0.5, 0.6) is 0 Å². The predicted molar refractivity (Wildman–Crippen MR) is 70.5 cm³/mol. The monoisotopic (exact) mass is 269 g/mol. The quantitative estimate of drug-likeness (QED) is 0.598. The van der Waals surface area contributed by atoms with Crippen molar-refractivity contribution in [3.8, 4) is 0 Å². The number of hydrogen-bond donors (Lipinski definition) is 0. The van der Waals surface area contributed by atoms with Crippen LogP contribution in [0, 0.1) is 0 Å². The molecule has 3 aromatic rings. The summed E-state index contributed by atoms with van der Waals surface area (Å²) < 4.78 is 3.64. The van der Waals surface area contributed by atoms with Crippen LogP contribution in [-0.2, 0) is 6.54 Å². The van der Waals surface area contributed by atoms with E-state index in [4.69, 9.17) is 0 Å². The molecule has 0 saturated heterocycles. The van der Waals surface area contributed by atoms with Crippen LogP contribution >= 0.6 is 0 Å². The zero-order valence-corrected chi connectivity index (χ0v) is 11.0. The van der Waals surface area contributed by atoms with Crippen molar-refractivity contribution in [3.63, 3.8) is 0 Å². The van der Waals surface area contributed by atoms with E-state index >= 15 is 0 Å². The Morgan fingerprint density at radius 3 is 2.56 bits per heavy atom. The van der Waals surface area contributed by atoms with Crippen molar-refractivity contribution in [3.05, 3.63) is 42.5 Å². The van der Waals surface area contributed by atoms with Gasteiger partial charge in [-0.15, -0.1) is 0 Å². The van der Waals surface area contributed by atoms with Crippen LogP contribution in [0.2, 0.25) is 0 Å². The third kappa shape index (κ3) is 1.32. The Morgan fingerprint density at radius 2 is 1.75 bits per heavy atom. The molecule has 1 aromatic heterocycles. The number of rotatable bonds is 1. The van der Waals surface area contributed by atoms with Crippen molar-refractivity contribution in [2.75, 3.05) is 0 Å². The van der Waals surface area contributed by atoms with E-state index in [-0.39, 0.29) is 0 Å². The zero-order valence-electron chi connectivity index (χ0n) is 9.14. The van der Waals surface area contributed by atoms with E-state index in [0.717, 1.165) is 6.54 Å². The molecule has 16 heavy (non-hydrogen) atoms. The van der Waals surface area contributed by atoms with Crippen LogP contribution < -0.4 is 4.35 Å². The molecule has 0 N–H and O–H groups in total. The van der Waals surface area contributed by atoms with Crippen LogP contribution in [0.25, 0.3) is 21.8 Å². The summed E-state index contributed by atoms with van der Waals surface area (Å²) in [5.74, 6) is 0. The van der Waals surface area contributed by atoms with Gasteiger partial charge in [-0.25, -0.2) is 0 Å². The summed E-state index contributed by atoms with van der Waals surface area (Å²) in [7, 11) is 0. The van der Waals surface area contributed by atoms with E-state index in [1.54, 1.807) is 0 Å². The molecule has 0 saturated carbocycles. The topological polar surface area (TPSA) is 4.93 Å². The van der Waals surface area contributed by atoms with Crippen LogP contribution in [-0.4, -0.2) is 21.4 Å². The van der Waals surface area contributed by atoms with Crippen molar-refractivity contribution < 1.29 is 0 Å². The molecule has 1 heterocycles. The molecule has 3 rings (SSSR count). The zero-order chi connectivity index (χ0) is 11.1. The van der Waals surface area contributed by atoms with Crippen molar-refractivity contribution in [2.24, 2.45) is 0 Å². The molecule has 78 valence electrons. The first-order valence-electron chi connectivity index (χ1n) is 5.51. The molecule has 0 aliphatic heterocycles. The molecular weight excluding hydrogens is 257 g/mol. The van der Waals surface area contributed by atoms with Crippen LogP contribution in [0.4, 0.5) is 0 Å². The molecule has 0 aliphatic carbocycles. The van der Waals surface area contributed by atoms with Crippen molar-refractivity contribution in [2.45, 2.75) is 13.5 Å². The molecule has 2 aromatic carbocycles. The molecule has 0 amide bonds. The van der Waals surface area contributed by atoms with E-state index in [0.29, 0.717) is 0 Å². The number of para-hydroxylation sites is 1. The standard InChI is InChI=1S/C14H12AsN/c1-2-16-13-6-4-3-5-11(13)12-9-10(15)7-8-14(12)16/h3-9H,2H2,1H3. The van der Waals surface area contributed by atoms with E-state index in [2.05, 4.69) is 70.8 Å². The van der Waals surface area contributed by atoms with Gasteiger partial charge in [-0.3, -0.25) is 0 Å². The van der Waals surface area contributed by atoms with Crippen molar-refractivity contribution >= 4 is 43.0 Å². The van der Waals surface area contributed by atoms with Gasteiger partial charge >= 0.3 is 104 Å². The minimum atomic E-state index is 1.02. The maximum atomic E-state index is 2.61. The summed E-state index contributed by atoms with van der Waals surface area (Å²) >= 11 is 2.61. The van der Waals surface area contributed by atoms with Gasteiger partial charge in [-0.05, 0) is 0 Å². The Labute approximate surface area is 104 Å². The third-order valence-corrected chi connectivity index (χ3v) is 3.66. The van der Waals surface area contributed by atoms with E-state index in [1.165, 1.54) is 26.2 Å². The molecule has 0 unspecified atom stereocenters. The second-order valence-electron chi connectivity index (χ2n) is 3.96. The molecule has 0 spiro atoms. The minimum absolute atomic E-state index is 1.02. The Bertz CT molecular complexity index is 667. The molecule has 2 radical (unpaired) electrons. The Kier molecular flexibility index (Phi) is 2.29. The number of nitrogens with zero attached hydrogens (tertiary/aromatic N) is 1. The van der Waals surface area contributed by atoms with E-state index in [9.17, 15) is 0 Å². The first kappa shape index (κ1) is 9.98. The summed E-state index contributed by atoms with van der Waals surface area (Å²) in [5.41, 5.74) is 2.66. The number of hydrogen-bond acceptors (Lipinski definition) is 0. The van der Waals surface area contributed by atoms with Gasteiger partial charge in [0.05, 0.1) is 0 Å². The Morgan fingerprint density at radius 1 is 1.00 bits per heavy atom. The summed E-state index contributed by atoms with van der Waals surface area (Å²) in [6, 6.07) is 15.2. The average Bonchev–Trinajstić information content (AvgIpc) is 2.62. The van der Waals surface area contributed by atoms with Crippen LogP contribution in [0.3, 0.4) is 0 Å². The molecule has 0 fully saturated rings.